The number of aryl methyl sites for hydroxylation is 1. The summed E-state index contributed by atoms with van der Waals surface area (Å²) in [7, 11) is 0. The molecule has 0 atom stereocenters. The standard InChI is InChI=1S/C13H13FN4O3/c14-11-9-10(3-4-12(11)18(20)21)13(19)15-5-1-7-17-8-2-6-16-17/h2-4,6,8-9H,1,5,7H2,(H,15,19). The molecular formula is C13H13FN4O3. The Morgan fingerprint density at radius 3 is 2.90 bits per heavy atom. The minimum Gasteiger partial charge on any atom is -0.352 e. The number of rotatable bonds is 6. The minimum atomic E-state index is -1.02. The Labute approximate surface area is 119 Å². The van der Waals surface area contributed by atoms with Crippen LogP contribution in [0.2, 0.25) is 0 Å². The van der Waals surface area contributed by atoms with Gasteiger partial charge in [0.15, 0.2) is 0 Å². The Kier molecular flexibility index (Phi) is 4.60. The lowest BCUT2D eigenvalue weighted by atomic mass is 10.2. The Morgan fingerprint density at radius 1 is 1.48 bits per heavy atom. The maximum absolute atomic E-state index is 13.4. The molecule has 0 saturated carbocycles. The number of nitrogens with one attached hydrogen (secondary N) is 1. The van der Waals surface area contributed by atoms with Gasteiger partial charge >= 0.3 is 5.69 Å². The molecule has 110 valence electrons. The number of benzene rings is 1. The average molecular weight is 292 g/mol. The van der Waals surface area contributed by atoms with Crippen molar-refractivity contribution in [3.63, 3.8) is 0 Å². The second-order valence-electron chi connectivity index (χ2n) is 4.30. The normalized spacial score (nSPS) is 10.3. The first-order valence-corrected chi connectivity index (χ1v) is 6.27. The van der Waals surface area contributed by atoms with Crippen LogP contribution in [0.4, 0.5) is 10.1 Å². The molecule has 2 rings (SSSR count). The number of hydrogen-bond acceptors (Lipinski definition) is 4. The summed E-state index contributed by atoms with van der Waals surface area (Å²) >= 11 is 0. The molecule has 0 aliphatic rings. The van der Waals surface area contributed by atoms with Gasteiger partial charge in [-0.2, -0.15) is 9.49 Å². The number of hydrogen-bond donors (Lipinski definition) is 1. The van der Waals surface area contributed by atoms with Crippen LogP contribution in [0.1, 0.15) is 16.8 Å². The fourth-order valence-corrected chi connectivity index (χ4v) is 1.77. The van der Waals surface area contributed by atoms with Gasteiger partial charge in [-0.05, 0) is 24.6 Å². The lowest BCUT2D eigenvalue weighted by molar-refractivity contribution is -0.387. The van der Waals surface area contributed by atoms with Crippen LogP contribution >= 0.6 is 0 Å². The summed E-state index contributed by atoms with van der Waals surface area (Å²) in [5, 5.41) is 17.1. The van der Waals surface area contributed by atoms with Crippen molar-refractivity contribution in [3.05, 3.63) is 58.2 Å². The molecule has 0 radical (unpaired) electrons. The SMILES string of the molecule is O=C(NCCCn1cccn1)c1ccc([N+](=O)[O-])c(F)c1. The van der Waals surface area contributed by atoms with E-state index in [1.54, 1.807) is 16.9 Å². The molecule has 0 bridgehead atoms. The van der Waals surface area contributed by atoms with Crippen LogP contribution in [0, 0.1) is 15.9 Å². The van der Waals surface area contributed by atoms with Gasteiger partial charge < -0.3 is 5.32 Å². The quantitative estimate of drug-likeness (QED) is 0.499. The summed E-state index contributed by atoms with van der Waals surface area (Å²) in [6, 6.07) is 4.87. The van der Waals surface area contributed by atoms with Gasteiger partial charge in [-0.15, -0.1) is 0 Å². The number of nitro benzene ring substituents is 1. The Morgan fingerprint density at radius 2 is 2.29 bits per heavy atom. The van der Waals surface area contributed by atoms with Crippen LogP contribution < -0.4 is 5.32 Å². The van der Waals surface area contributed by atoms with Gasteiger partial charge in [0, 0.05) is 37.1 Å². The highest BCUT2D eigenvalue weighted by Crippen LogP contribution is 2.17. The number of carbonyl (C=O) groups excluding carboxylic acids is 1. The van der Waals surface area contributed by atoms with Crippen LogP contribution in [0.25, 0.3) is 0 Å². The molecule has 0 fully saturated rings. The molecule has 2 aromatic rings. The third kappa shape index (κ3) is 3.85. The maximum atomic E-state index is 13.4. The van der Waals surface area contributed by atoms with Crippen molar-refractivity contribution in [1.82, 2.24) is 15.1 Å². The maximum Gasteiger partial charge on any atom is 0.304 e. The highest BCUT2D eigenvalue weighted by atomic mass is 19.1. The fourth-order valence-electron chi connectivity index (χ4n) is 1.77. The third-order valence-electron chi connectivity index (χ3n) is 2.82. The topological polar surface area (TPSA) is 90.1 Å². The molecule has 21 heavy (non-hydrogen) atoms. The zero-order valence-electron chi connectivity index (χ0n) is 11.0. The molecule has 1 heterocycles. The fraction of sp³-hybridized carbons (Fsp3) is 0.231. The molecule has 0 unspecified atom stereocenters. The van der Waals surface area contributed by atoms with E-state index in [-0.39, 0.29) is 5.56 Å². The highest BCUT2D eigenvalue weighted by molar-refractivity contribution is 5.94. The van der Waals surface area contributed by atoms with Crippen molar-refractivity contribution in [3.8, 4) is 0 Å². The van der Waals surface area contributed by atoms with Gasteiger partial charge in [0.1, 0.15) is 0 Å². The summed E-state index contributed by atoms with van der Waals surface area (Å²) in [5.41, 5.74) is -0.595. The van der Waals surface area contributed by atoms with Gasteiger partial charge in [-0.1, -0.05) is 0 Å². The highest BCUT2D eigenvalue weighted by Gasteiger charge is 2.16. The minimum absolute atomic E-state index is 0.0530. The number of nitro groups is 1. The number of halogens is 1. The smallest absolute Gasteiger partial charge is 0.304 e. The van der Waals surface area contributed by atoms with E-state index >= 15 is 0 Å². The first kappa shape index (κ1) is 14.6. The van der Waals surface area contributed by atoms with Crippen molar-refractivity contribution in [2.75, 3.05) is 6.54 Å². The summed E-state index contributed by atoms with van der Waals surface area (Å²) in [6.07, 6.45) is 4.15. The molecule has 7 nitrogen and oxygen atoms in total. The van der Waals surface area contributed by atoms with E-state index in [1.165, 1.54) is 6.07 Å². The first-order chi connectivity index (χ1) is 10.1. The monoisotopic (exact) mass is 292 g/mol. The lowest BCUT2D eigenvalue weighted by Crippen LogP contribution is -2.25. The molecule has 0 aliphatic carbocycles. The number of amides is 1. The van der Waals surface area contributed by atoms with Crippen LogP contribution in [-0.4, -0.2) is 27.2 Å². The molecule has 8 heteroatoms. The van der Waals surface area contributed by atoms with E-state index in [0.29, 0.717) is 19.5 Å². The second-order valence-corrected chi connectivity index (χ2v) is 4.30. The predicted octanol–water partition coefficient (Wildman–Crippen LogP) is 1.75. The molecule has 0 spiro atoms. The van der Waals surface area contributed by atoms with Crippen LogP contribution in [0.3, 0.4) is 0 Å². The molecule has 1 aromatic carbocycles. The molecule has 0 aliphatic heterocycles. The third-order valence-corrected chi connectivity index (χ3v) is 2.82. The molecule has 0 saturated heterocycles. The predicted molar refractivity (Wildman–Crippen MR) is 72.2 cm³/mol. The van der Waals surface area contributed by atoms with E-state index < -0.39 is 22.3 Å². The van der Waals surface area contributed by atoms with Gasteiger partial charge in [0.2, 0.25) is 5.82 Å². The molecule has 1 amide bonds. The van der Waals surface area contributed by atoms with Crippen LogP contribution in [-0.2, 0) is 6.54 Å². The first-order valence-electron chi connectivity index (χ1n) is 6.27. The number of nitrogens with zero attached hydrogens (tertiary/aromatic N) is 3. The van der Waals surface area contributed by atoms with Gasteiger partial charge in [0.05, 0.1) is 4.92 Å². The van der Waals surface area contributed by atoms with E-state index in [0.717, 1.165) is 12.1 Å². The lowest BCUT2D eigenvalue weighted by Gasteiger charge is -2.05. The zero-order valence-corrected chi connectivity index (χ0v) is 11.0. The van der Waals surface area contributed by atoms with Crippen molar-refractivity contribution in [1.29, 1.82) is 0 Å². The summed E-state index contributed by atoms with van der Waals surface area (Å²) in [6.45, 7) is 1.05. The van der Waals surface area contributed by atoms with Gasteiger partial charge in [-0.3, -0.25) is 19.6 Å². The molecule has 1 N–H and O–H groups in total. The summed E-state index contributed by atoms with van der Waals surface area (Å²) in [5.74, 6) is -1.49. The van der Waals surface area contributed by atoms with Crippen molar-refractivity contribution < 1.29 is 14.1 Å². The Balaban J connectivity index is 1.85. The summed E-state index contributed by atoms with van der Waals surface area (Å²) in [4.78, 5) is 21.4. The Bertz CT molecular complexity index is 643. The number of aromatic nitrogens is 2. The van der Waals surface area contributed by atoms with Gasteiger partial charge in [-0.25, -0.2) is 0 Å². The van der Waals surface area contributed by atoms with E-state index in [2.05, 4.69) is 10.4 Å². The van der Waals surface area contributed by atoms with Crippen LogP contribution in [0.5, 0.6) is 0 Å². The average Bonchev–Trinajstić information content (AvgIpc) is 2.96. The largest absolute Gasteiger partial charge is 0.352 e. The Hall–Kier alpha value is -2.77. The van der Waals surface area contributed by atoms with E-state index in [9.17, 15) is 19.3 Å². The number of carbonyl (C=O) groups is 1. The molecule has 1 aromatic heterocycles. The van der Waals surface area contributed by atoms with Crippen molar-refractivity contribution >= 4 is 11.6 Å². The second kappa shape index (κ2) is 6.60. The zero-order chi connectivity index (χ0) is 15.2. The van der Waals surface area contributed by atoms with Crippen LogP contribution in [0.15, 0.2) is 36.7 Å². The van der Waals surface area contributed by atoms with Crippen molar-refractivity contribution in [2.24, 2.45) is 0 Å². The van der Waals surface area contributed by atoms with Crippen molar-refractivity contribution in [2.45, 2.75) is 13.0 Å². The molecular weight excluding hydrogens is 279 g/mol. The van der Waals surface area contributed by atoms with E-state index in [4.69, 9.17) is 0 Å². The van der Waals surface area contributed by atoms with Gasteiger partial charge in [0.25, 0.3) is 5.91 Å². The van der Waals surface area contributed by atoms with E-state index in [1.807, 2.05) is 6.20 Å². The summed E-state index contributed by atoms with van der Waals surface area (Å²) < 4.78 is 15.1.